The van der Waals surface area contributed by atoms with Crippen LogP contribution >= 0.6 is 0 Å². The maximum absolute atomic E-state index is 9.10. The zero-order chi connectivity index (χ0) is 14.8. The molecule has 0 aromatic heterocycles. The lowest BCUT2D eigenvalue weighted by atomic mass is 10.1. The highest BCUT2D eigenvalue weighted by Crippen LogP contribution is 2.19. The van der Waals surface area contributed by atoms with Gasteiger partial charge in [0, 0.05) is 13.1 Å². The third-order valence-corrected chi connectivity index (χ3v) is 2.95. The standard InChI is InChI=1S/C16H24N2O2/c1-3-9-18(10-11-19)13-14-6-7-16(20-2)15(12-14)5-4-8-17/h6-7,12,19H,3,8-11,13,17H2,1-2H3. The fourth-order valence-electron chi connectivity index (χ4n) is 2.08. The first-order valence-electron chi connectivity index (χ1n) is 6.94. The summed E-state index contributed by atoms with van der Waals surface area (Å²) in [4.78, 5) is 2.22. The van der Waals surface area contributed by atoms with Crippen LogP contribution in [0.1, 0.15) is 24.5 Å². The Morgan fingerprint density at radius 1 is 1.35 bits per heavy atom. The van der Waals surface area contributed by atoms with Crippen LogP contribution in [0.3, 0.4) is 0 Å². The van der Waals surface area contributed by atoms with Gasteiger partial charge in [-0.1, -0.05) is 24.8 Å². The normalized spacial score (nSPS) is 10.2. The van der Waals surface area contributed by atoms with Gasteiger partial charge in [-0.25, -0.2) is 0 Å². The lowest BCUT2D eigenvalue weighted by molar-refractivity contribution is 0.190. The highest BCUT2D eigenvalue weighted by Gasteiger charge is 2.07. The molecule has 0 aliphatic carbocycles. The van der Waals surface area contributed by atoms with E-state index < -0.39 is 0 Å². The van der Waals surface area contributed by atoms with Crippen LogP contribution in [0.2, 0.25) is 0 Å². The number of benzene rings is 1. The van der Waals surface area contributed by atoms with Gasteiger partial charge in [0.2, 0.25) is 0 Å². The molecule has 0 spiro atoms. The van der Waals surface area contributed by atoms with Gasteiger partial charge in [-0.3, -0.25) is 4.90 Å². The summed E-state index contributed by atoms with van der Waals surface area (Å²) in [6, 6.07) is 5.99. The summed E-state index contributed by atoms with van der Waals surface area (Å²) in [5.41, 5.74) is 7.43. The number of hydrogen-bond donors (Lipinski definition) is 2. The Kier molecular flexibility index (Phi) is 7.74. The first kappa shape index (κ1) is 16.5. The van der Waals surface area contributed by atoms with Crippen molar-refractivity contribution in [3.05, 3.63) is 29.3 Å². The fraction of sp³-hybridized carbons (Fsp3) is 0.500. The van der Waals surface area contributed by atoms with E-state index >= 15 is 0 Å². The molecule has 20 heavy (non-hydrogen) atoms. The smallest absolute Gasteiger partial charge is 0.134 e. The van der Waals surface area contributed by atoms with Crippen molar-refractivity contribution in [1.82, 2.24) is 4.90 Å². The summed E-state index contributed by atoms with van der Waals surface area (Å²) >= 11 is 0. The number of aliphatic hydroxyl groups excluding tert-OH is 1. The number of aliphatic hydroxyl groups is 1. The number of methoxy groups -OCH3 is 1. The molecule has 4 heteroatoms. The minimum Gasteiger partial charge on any atom is -0.495 e. The van der Waals surface area contributed by atoms with Crippen LogP contribution in [0.5, 0.6) is 5.75 Å². The molecule has 0 saturated heterocycles. The highest BCUT2D eigenvalue weighted by molar-refractivity contribution is 5.48. The number of ether oxygens (including phenoxy) is 1. The summed E-state index contributed by atoms with van der Waals surface area (Å²) in [6.45, 7) is 5.10. The Labute approximate surface area is 121 Å². The van der Waals surface area contributed by atoms with E-state index in [4.69, 9.17) is 15.6 Å². The van der Waals surface area contributed by atoms with Crippen LogP contribution in [0.4, 0.5) is 0 Å². The average molecular weight is 276 g/mol. The van der Waals surface area contributed by atoms with Crippen LogP contribution in [0.15, 0.2) is 18.2 Å². The van der Waals surface area contributed by atoms with Crippen molar-refractivity contribution >= 4 is 0 Å². The predicted molar refractivity (Wildman–Crippen MR) is 81.6 cm³/mol. The van der Waals surface area contributed by atoms with E-state index in [2.05, 4.69) is 23.7 Å². The summed E-state index contributed by atoms with van der Waals surface area (Å²) < 4.78 is 5.30. The van der Waals surface area contributed by atoms with E-state index in [0.29, 0.717) is 13.1 Å². The van der Waals surface area contributed by atoms with Gasteiger partial charge in [0.1, 0.15) is 5.75 Å². The van der Waals surface area contributed by atoms with Gasteiger partial charge >= 0.3 is 0 Å². The summed E-state index contributed by atoms with van der Waals surface area (Å²) in [6.07, 6.45) is 1.07. The number of rotatable bonds is 7. The van der Waals surface area contributed by atoms with Gasteiger partial charge in [0.05, 0.1) is 25.8 Å². The van der Waals surface area contributed by atoms with E-state index in [9.17, 15) is 0 Å². The molecule has 1 aromatic carbocycles. The van der Waals surface area contributed by atoms with E-state index in [1.165, 1.54) is 0 Å². The number of nitrogens with zero attached hydrogens (tertiary/aromatic N) is 1. The second kappa shape index (κ2) is 9.38. The van der Waals surface area contributed by atoms with E-state index in [1.807, 2.05) is 18.2 Å². The van der Waals surface area contributed by atoms with E-state index in [1.54, 1.807) is 7.11 Å². The SMILES string of the molecule is CCCN(CCO)Cc1ccc(OC)c(C#CCN)c1. The van der Waals surface area contributed by atoms with Crippen molar-refractivity contribution < 1.29 is 9.84 Å². The molecular formula is C16H24N2O2. The maximum Gasteiger partial charge on any atom is 0.134 e. The quantitative estimate of drug-likeness (QED) is 0.735. The molecule has 110 valence electrons. The second-order valence-electron chi connectivity index (χ2n) is 4.54. The van der Waals surface area contributed by atoms with Gasteiger partial charge < -0.3 is 15.6 Å². The minimum absolute atomic E-state index is 0.177. The first-order chi connectivity index (χ1) is 9.74. The van der Waals surface area contributed by atoms with Crippen molar-refractivity contribution in [3.63, 3.8) is 0 Å². The molecule has 0 saturated carbocycles. The van der Waals surface area contributed by atoms with Crippen molar-refractivity contribution in [1.29, 1.82) is 0 Å². The molecule has 0 unspecified atom stereocenters. The fourth-order valence-corrected chi connectivity index (χ4v) is 2.08. The summed E-state index contributed by atoms with van der Waals surface area (Å²) in [5.74, 6) is 6.65. The summed E-state index contributed by atoms with van der Waals surface area (Å²) in [7, 11) is 1.64. The predicted octanol–water partition coefficient (Wildman–Crippen LogP) is 1.21. The molecule has 0 amide bonds. The van der Waals surface area contributed by atoms with Crippen LogP contribution < -0.4 is 10.5 Å². The maximum atomic E-state index is 9.10. The molecule has 0 aliphatic heterocycles. The van der Waals surface area contributed by atoms with Gasteiger partial charge in [0.25, 0.3) is 0 Å². The third kappa shape index (κ3) is 5.22. The molecule has 0 heterocycles. The molecule has 1 aromatic rings. The Balaban J connectivity index is 2.89. The molecule has 3 N–H and O–H groups in total. The zero-order valence-corrected chi connectivity index (χ0v) is 12.4. The molecule has 0 radical (unpaired) electrons. The second-order valence-corrected chi connectivity index (χ2v) is 4.54. The van der Waals surface area contributed by atoms with E-state index in [-0.39, 0.29) is 6.61 Å². The van der Waals surface area contributed by atoms with Crippen molar-refractivity contribution in [2.45, 2.75) is 19.9 Å². The molecule has 0 atom stereocenters. The van der Waals surface area contributed by atoms with Gasteiger partial charge in [-0.15, -0.1) is 0 Å². The van der Waals surface area contributed by atoms with Crippen LogP contribution in [-0.2, 0) is 6.54 Å². The lowest BCUT2D eigenvalue weighted by Crippen LogP contribution is -2.27. The molecule has 1 rings (SSSR count). The van der Waals surface area contributed by atoms with E-state index in [0.717, 1.165) is 36.4 Å². The van der Waals surface area contributed by atoms with Crippen LogP contribution in [-0.4, -0.2) is 43.4 Å². The average Bonchev–Trinajstić information content (AvgIpc) is 2.46. The van der Waals surface area contributed by atoms with Gasteiger partial charge in [-0.05, 0) is 30.7 Å². The molecule has 0 bridgehead atoms. The van der Waals surface area contributed by atoms with Crippen molar-refractivity contribution in [3.8, 4) is 17.6 Å². The summed E-state index contributed by atoms with van der Waals surface area (Å²) in [5, 5.41) is 9.10. The van der Waals surface area contributed by atoms with Crippen molar-refractivity contribution in [2.24, 2.45) is 5.73 Å². The first-order valence-corrected chi connectivity index (χ1v) is 6.94. The minimum atomic E-state index is 0.177. The Morgan fingerprint density at radius 2 is 2.15 bits per heavy atom. The number of nitrogens with two attached hydrogens (primary N) is 1. The lowest BCUT2D eigenvalue weighted by Gasteiger charge is -2.20. The van der Waals surface area contributed by atoms with Gasteiger partial charge in [0.15, 0.2) is 0 Å². The monoisotopic (exact) mass is 276 g/mol. The molecule has 0 aliphatic rings. The topological polar surface area (TPSA) is 58.7 Å². The highest BCUT2D eigenvalue weighted by atomic mass is 16.5. The van der Waals surface area contributed by atoms with Crippen molar-refractivity contribution in [2.75, 3.05) is 33.4 Å². The van der Waals surface area contributed by atoms with Crippen LogP contribution in [0, 0.1) is 11.8 Å². The van der Waals surface area contributed by atoms with Crippen LogP contribution in [0.25, 0.3) is 0 Å². The van der Waals surface area contributed by atoms with Gasteiger partial charge in [-0.2, -0.15) is 0 Å². The largest absolute Gasteiger partial charge is 0.495 e. The molecule has 0 fully saturated rings. The Hall–Kier alpha value is -1.54. The Morgan fingerprint density at radius 3 is 2.75 bits per heavy atom. The Bertz CT molecular complexity index is 457. The number of hydrogen-bond acceptors (Lipinski definition) is 4. The molecular weight excluding hydrogens is 252 g/mol. The molecule has 4 nitrogen and oxygen atoms in total. The zero-order valence-electron chi connectivity index (χ0n) is 12.4. The third-order valence-electron chi connectivity index (χ3n) is 2.95.